The molecule has 0 saturated heterocycles. The van der Waals surface area contributed by atoms with Gasteiger partial charge in [-0.15, -0.1) is 0 Å². The van der Waals surface area contributed by atoms with Gasteiger partial charge in [-0.25, -0.2) is 0 Å². The Kier molecular flexibility index (Phi) is 3.24. The van der Waals surface area contributed by atoms with Crippen molar-refractivity contribution < 1.29 is 5.11 Å². The van der Waals surface area contributed by atoms with Crippen molar-refractivity contribution in [3.63, 3.8) is 0 Å². The van der Waals surface area contributed by atoms with Gasteiger partial charge in [-0.05, 0) is 49.3 Å². The van der Waals surface area contributed by atoms with Gasteiger partial charge in [0.1, 0.15) is 0 Å². The molecule has 1 N–H and O–H groups in total. The predicted molar refractivity (Wildman–Crippen MR) is 61.4 cm³/mol. The topological polar surface area (TPSA) is 20.2 Å². The third kappa shape index (κ3) is 2.37. The summed E-state index contributed by atoms with van der Waals surface area (Å²) in [6.45, 7) is 0. The van der Waals surface area contributed by atoms with E-state index in [1.54, 1.807) is 0 Å². The van der Waals surface area contributed by atoms with Crippen LogP contribution in [0, 0.1) is 0 Å². The molecule has 1 fully saturated rings. The van der Waals surface area contributed by atoms with Gasteiger partial charge in [-0.3, -0.25) is 0 Å². The molecular formula is C12H15BrO. The summed E-state index contributed by atoms with van der Waals surface area (Å²) in [4.78, 5) is 0. The number of hydrogen-bond donors (Lipinski definition) is 1. The van der Waals surface area contributed by atoms with E-state index in [1.165, 1.54) is 5.56 Å². The molecule has 1 saturated carbocycles. The van der Waals surface area contributed by atoms with Crippen molar-refractivity contribution in [2.45, 2.75) is 37.7 Å². The van der Waals surface area contributed by atoms with Gasteiger partial charge >= 0.3 is 0 Å². The first-order valence-corrected chi connectivity index (χ1v) is 5.98. The molecule has 1 aromatic carbocycles. The van der Waals surface area contributed by atoms with Gasteiger partial charge in [0.15, 0.2) is 0 Å². The number of rotatable bonds is 1. The summed E-state index contributed by atoms with van der Waals surface area (Å²) < 4.78 is 1.14. The van der Waals surface area contributed by atoms with Crippen LogP contribution in [0.4, 0.5) is 0 Å². The number of hydrogen-bond acceptors (Lipinski definition) is 1. The van der Waals surface area contributed by atoms with Crippen molar-refractivity contribution in [1.82, 2.24) is 0 Å². The van der Waals surface area contributed by atoms with Crippen LogP contribution in [-0.4, -0.2) is 11.2 Å². The molecular weight excluding hydrogens is 240 g/mol. The Hall–Kier alpha value is -0.340. The zero-order chi connectivity index (χ0) is 9.97. The van der Waals surface area contributed by atoms with Gasteiger partial charge in [-0.1, -0.05) is 28.1 Å². The van der Waals surface area contributed by atoms with Gasteiger partial charge in [0.05, 0.1) is 6.10 Å². The van der Waals surface area contributed by atoms with E-state index in [-0.39, 0.29) is 6.10 Å². The highest BCUT2D eigenvalue weighted by Crippen LogP contribution is 2.33. The van der Waals surface area contributed by atoms with Crippen LogP contribution in [0.5, 0.6) is 0 Å². The molecule has 0 atom stereocenters. The van der Waals surface area contributed by atoms with Crippen molar-refractivity contribution in [3.05, 3.63) is 34.3 Å². The lowest BCUT2D eigenvalue weighted by Gasteiger charge is -2.25. The molecule has 1 aliphatic carbocycles. The monoisotopic (exact) mass is 254 g/mol. The average molecular weight is 255 g/mol. The Balaban J connectivity index is 2.05. The fraction of sp³-hybridized carbons (Fsp3) is 0.500. The van der Waals surface area contributed by atoms with Crippen LogP contribution in [0.3, 0.4) is 0 Å². The molecule has 0 heterocycles. The normalized spacial score (nSPS) is 27.6. The van der Waals surface area contributed by atoms with Crippen LogP contribution in [0.25, 0.3) is 0 Å². The summed E-state index contributed by atoms with van der Waals surface area (Å²) in [7, 11) is 0. The summed E-state index contributed by atoms with van der Waals surface area (Å²) in [5.41, 5.74) is 1.42. The molecule has 2 heteroatoms. The van der Waals surface area contributed by atoms with Crippen LogP contribution in [0.2, 0.25) is 0 Å². The van der Waals surface area contributed by atoms with Crippen molar-refractivity contribution in [2.24, 2.45) is 0 Å². The Morgan fingerprint density at radius 2 is 1.57 bits per heavy atom. The summed E-state index contributed by atoms with van der Waals surface area (Å²) >= 11 is 3.44. The summed E-state index contributed by atoms with van der Waals surface area (Å²) in [5, 5.41) is 9.41. The minimum absolute atomic E-state index is 0.0540. The van der Waals surface area contributed by atoms with Crippen molar-refractivity contribution in [1.29, 1.82) is 0 Å². The predicted octanol–water partition coefficient (Wildman–Crippen LogP) is 3.47. The standard InChI is InChI=1S/C12H15BrO/c13-11-5-1-9(2-6-11)10-3-7-12(14)8-4-10/h1-2,5-6,10,12,14H,3-4,7-8H2/t10-,12-. The van der Waals surface area contributed by atoms with E-state index in [1.807, 2.05) is 0 Å². The second-order valence-corrected chi connectivity index (χ2v) is 4.97. The van der Waals surface area contributed by atoms with E-state index in [0.717, 1.165) is 30.2 Å². The molecule has 14 heavy (non-hydrogen) atoms. The minimum Gasteiger partial charge on any atom is -0.393 e. The van der Waals surface area contributed by atoms with Crippen molar-refractivity contribution >= 4 is 15.9 Å². The maximum Gasteiger partial charge on any atom is 0.0540 e. The highest BCUT2D eigenvalue weighted by Gasteiger charge is 2.20. The first-order valence-electron chi connectivity index (χ1n) is 5.19. The van der Waals surface area contributed by atoms with Gasteiger partial charge < -0.3 is 5.11 Å². The maximum atomic E-state index is 9.41. The highest BCUT2D eigenvalue weighted by atomic mass is 79.9. The summed E-state index contributed by atoms with van der Waals surface area (Å²) in [6, 6.07) is 8.57. The second-order valence-electron chi connectivity index (χ2n) is 4.06. The van der Waals surface area contributed by atoms with E-state index < -0.39 is 0 Å². The third-order valence-electron chi connectivity index (χ3n) is 3.04. The second kappa shape index (κ2) is 4.45. The van der Waals surface area contributed by atoms with E-state index in [9.17, 15) is 5.11 Å². The minimum atomic E-state index is -0.0540. The number of aliphatic hydroxyl groups excluding tert-OH is 1. The lowest BCUT2D eigenvalue weighted by molar-refractivity contribution is 0.122. The molecule has 0 aliphatic heterocycles. The molecule has 1 aliphatic rings. The molecule has 76 valence electrons. The maximum absolute atomic E-state index is 9.41. The van der Waals surface area contributed by atoms with E-state index in [2.05, 4.69) is 40.2 Å². The third-order valence-corrected chi connectivity index (χ3v) is 3.57. The van der Waals surface area contributed by atoms with Crippen LogP contribution in [0.15, 0.2) is 28.7 Å². The zero-order valence-corrected chi connectivity index (χ0v) is 9.70. The van der Waals surface area contributed by atoms with Gasteiger partial charge in [0, 0.05) is 4.47 Å². The summed E-state index contributed by atoms with van der Waals surface area (Å²) in [6.07, 6.45) is 4.12. The molecule has 0 unspecified atom stereocenters. The Labute approximate surface area is 93.3 Å². The van der Waals surface area contributed by atoms with Crippen molar-refractivity contribution in [3.8, 4) is 0 Å². The van der Waals surface area contributed by atoms with Crippen molar-refractivity contribution in [2.75, 3.05) is 0 Å². The zero-order valence-electron chi connectivity index (χ0n) is 8.12. The largest absolute Gasteiger partial charge is 0.393 e. The number of benzene rings is 1. The SMILES string of the molecule is O[C@H]1CC[C@H](c2ccc(Br)cc2)CC1. The summed E-state index contributed by atoms with van der Waals surface area (Å²) in [5.74, 6) is 0.659. The van der Waals surface area contributed by atoms with E-state index in [4.69, 9.17) is 0 Å². The fourth-order valence-corrected chi connectivity index (χ4v) is 2.41. The molecule has 0 spiro atoms. The molecule has 0 radical (unpaired) electrons. The first-order chi connectivity index (χ1) is 6.75. The van der Waals surface area contributed by atoms with Gasteiger partial charge in [-0.2, -0.15) is 0 Å². The Morgan fingerprint density at radius 3 is 2.14 bits per heavy atom. The molecule has 0 bridgehead atoms. The quantitative estimate of drug-likeness (QED) is 0.814. The van der Waals surface area contributed by atoms with Crippen LogP contribution >= 0.6 is 15.9 Å². The number of halogens is 1. The van der Waals surface area contributed by atoms with Gasteiger partial charge in [0.2, 0.25) is 0 Å². The molecule has 2 rings (SSSR count). The Morgan fingerprint density at radius 1 is 1.00 bits per heavy atom. The van der Waals surface area contributed by atoms with Crippen LogP contribution in [-0.2, 0) is 0 Å². The molecule has 1 nitrogen and oxygen atoms in total. The van der Waals surface area contributed by atoms with Crippen LogP contribution in [0.1, 0.15) is 37.2 Å². The molecule has 1 aromatic rings. The van der Waals surface area contributed by atoms with E-state index >= 15 is 0 Å². The molecule has 0 aromatic heterocycles. The lowest BCUT2D eigenvalue weighted by atomic mass is 9.83. The lowest BCUT2D eigenvalue weighted by Crippen LogP contribution is -2.16. The first kappa shape index (κ1) is 10.2. The highest BCUT2D eigenvalue weighted by molar-refractivity contribution is 9.10. The fourth-order valence-electron chi connectivity index (χ4n) is 2.14. The van der Waals surface area contributed by atoms with Gasteiger partial charge in [0.25, 0.3) is 0 Å². The average Bonchev–Trinajstić information content (AvgIpc) is 2.21. The van der Waals surface area contributed by atoms with Crippen LogP contribution < -0.4 is 0 Å². The van der Waals surface area contributed by atoms with E-state index in [0.29, 0.717) is 5.92 Å². The Bertz CT molecular complexity index is 286. The smallest absolute Gasteiger partial charge is 0.0540 e. The number of aliphatic hydroxyl groups is 1. The molecule has 0 amide bonds.